The lowest BCUT2D eigenvalue weighted by Crippen LogP contribution is -2.30. The second kappa shape index (κ2) is 7.72. The minimum atomic E-state index is -4.07. The van der Waals surface area contributed by atoms with E-state index in [1.807, 2.05) is 11.6 Å². The average molecular weight is 424 g/mol. The Morgan fingerprint density at radius 2 is 1.89 bits per heavy atom. The highest BCUT2D eigenvalue weighted by Crippen LogP contribution is 2.27. The van der Waals surface area contributed by atoms with Gasteiger partial charge in [-0.1, -0.05) is 41.4 Å². The lowest BCUT2D eigenvalue weighted by atomic mass is 10.2. The smallest absolute Gasteiger partial charge is 0.285 e. The maximum absolute atomic E-state index is 12.5. The van der Waals surface area contributed by atoms with Crippen LogP contribution in [0.2, 0.25) is 10.0 Å². The van der Waals surface area contributed by atoms with Crippen molar-refractivity contribution >= 4 is 39.1 Å². The van der Waals surface area contributed by atoms with Crippen LogP contribution in [0.1, 0.15) is 17.4 Å². The molecule has 1 N–H and O–H groups in total. The Labute approximate surface area is 166 Å². The molecule has 6 nitrogen and oxygen atoms in total. The molecule has 27 heavy (non-hydrogen) atoms. The first kappa shape index (κ1) is 19.4. The molecule has 0 spiro atoms. The van der Waals surface area contributed by atoms with Crippen LogP contribution in [0.3, 0.4) is 0 Å². The average Bonchev–Trinajstić information content (AvgIpc) is 3.06. The molecule has 1 amide bonds. The number of carbonyl (C=O) groups is 1. The van der Waals surface area contributed by atoms with Gasteiger partial charge in [0.25, 0.3) is 15.9 Å². The number of imidazole rings is 1. The van der Waals surface area contributed by atoms with Crippen LogP contribution in [0.25, 0.3) is 11.4 Å². The van der Waals surface area contributed by atoms with Crippen LogP contribution in [0.15, 0.2) is 59.6 Å². The molecule has 2 aromatic carbocycles. The van der Waals surface area contributed by atoms with Crippen LogP contribution in [0.4, 0.5) is 0 Å². The van der Waals surface area contributed by atoms with E-state index in [1.165, 1.54) is 24.4 Å². The van der Waals surface area contributed by atoms with Crippen molar-refractivity contribution in [2.75, 3.05) is 0 Å². The van der Waals surface area contributed by atoms with E-state index in [2.05, 4.69) is 4.98 Å². The molecule has 9 heteroatoms. The number of aryl methyl sites for hydroxylation is 1. The summed E-state index contributed by atoms with van der Waals surface area (Å²) in [6.07, 6.45) is 1.49. The summed E-state index contributed by atoms with van der Waals surface area (Å²) in [5.74, 6) is -0.358. The van der Waals surface area contributed by atoms with E-state index in [-0.39, 0.29) is 15.6 Å². The van der Waals surface area contributed by atoms with Crippen molar-refractivity contribution in [1.82, 2.24) is 14.3 Å². The molecule has 0 saturated carbocycles. The number of rotatable bonds is 5. The van der Waals surface area contributed by atoms with Crippen molar-refractivity contribution in [2.24, 2.45) is 0 Å². The van der Waals surface area contributed by atoms with E-state index >= 15 is 0 Å². The molecule has 0 aliphatic rings. The fourth-order valence-corrected chi connectivity index (χ4v) is 3.97. The fourth-order valence-electron chi connectivity index (χ4n) is 2.49. The highest BCUT2D eigenvalue weighted by molar-refractivity contribution is 7.90. The van der Waals surface area contributed by atoms with E-state index in [1.54, 1.807) is 34.9 Å². The summed E-state index contributed by atoms with van der Waals surface area (Å²) in [7, 11) is -4.07. The zero-order chi connectivity index (χ0) is 19.6. The summed E-state index contributed by atoms with van der Waals surface area (Å²) in [4.78, 5) is 16.7. The summed E-state index contributed by atoms with van der Waals surface area (Å²) < 4.78 is 28.6. The highest BCUT2D eigenvalue weighted by Gasteiger charge is 2.22. The van der Waals surface area contributed by atoms with Gasteiger partial charge in [-0.15, -0.1) is 0 Å². The SMILES string of the molecule is CCn1cc(C(=O)NS(=O)(=O)c2cccc(Cl)c2)nc1-c1ccccc1Cl. The van der Waals surface area contributed by atoms with Crippen molar-refractivity contribution in [3.05, 3.63) is 70.5 Å². The number of halogens is 2. The van der Waals surface area contributed by atoms with Gasteiger partial charge in [0.2, 0.25) is 0 Å². The number of sulfonamides is 1. The first-order valence-electron chi connectivity index (χ1n) is 7.96. The number of hydrogen-bond donors (Lipinski definition) is 1. The van der Waals surface area contributed by atoms with E-state index in [0.717, 1.165) is 0 Å². The molecular weight excluding hydrogens is 409 g/mol. The largest absolute Gasteiger partial charge is 0.330 e. The van der Waals surface area contributed by atoms with Crippen molar-refractivity contribution in [3.8, 4) is 11.4 Å². The molecule has 0 atom stereocenters. The minimum Gasteiger partial charge on any atom is -0.330 e. The van der Waals surface area contributed by atoms with Gasteiger partial charge in [0.05, 0.1) is 9.92 Å². The van der Waals surface area contributed by atoms with Gasteiger partial charge in [-0.25, -0.2) is 18.1 Å². The molecule has 1 aromatic heterocycles. The van der Waals surface area contributed by atoms with Crippen LogP contribution in [0, 0.1) is 0 Å². The molecule has 0 bridgehead atoms. The first-order chi connectivity index (χ1) is 12.8. The predicted octanol–water partition coefficient (Wildman–Crippen LogP) is 4.00. The van der Waals surface area contributed by atoms with Crippen molar-refractivity contribution in [3.63, 3.8) is 0 Å². The first-order valence-corrected chi connectivity index (χ1v) is 10.2. The van der Waals surface area contributed by atoms with Crippen LogP contribution in [-0.2, 0) is 16.6 Å². The van der Waals surface area contributed by atoms with Crippen LogP contribution < -0.4 is 4.72 Å². The monoisotopic (exact) mass is 423 g/mol. The summed E-state index contributed by atoms with van der Waals surface area (Å²) in [5.41, 5.74) is 0.620. The van der Waals surface area contributed by atoms with Gasteiger partial charge < -0.3 is 4.57 Å². The van der Waals surface area contributed by atoms with E-state index in [4.69, 9.17) is 23.2 Å². The summed E-state index contributed by atoms with van der Waals surface area (Å²) in [5, 5.41) is 0.734. The van der Waals surface area contributed by atoms with Gasteiger partial charge in [-0.2, -0.15) is 0 Å². The highest BCUT2D eigenvalue weighted by atomic mass is 35.5. The van der Waals surface area contributed by atoms with E-state index in [0.29, 0.717) is 23.0 Å². The van der Waals surface area contributed by atoms with Crippen LogP contribution in [0.5, 0.6) is 0 Å². The molecule has 0 radical (unpaired) electrons. The Kier molecular flexibility index (Phi) is 5.55. The van der Waals surface area contributed by atoms with Gasteiger partial charge in [-0.3, -0.25) is 4.79 Å². The Morgan fingerprint density at radius 1 is 1.15 bits per heavy atom. The number of aromatic nitrogens is 2. The molecule has 140 valence electrons. The summed E-state index contributed by atoms with van der Waals surface area (Å²) in [6.45, 7) is 2.41. The maximum Gasteiger partial charge on any atom is 0.285 e. The Bertz CT molecular complexity index is 1110. The zero-order valence-corrected chi connectivity index (χ0v) is 16.5. The normalized spacial score (nSPS) is 11.4. The number of nitrogens with zero attached hydrogens (tertiary/aromatic N) is 2. The molecule has 3 aromatic rings. The number of benzene rings is 2. The summed E-state index contributed by atoms with van der Waals surface area (Å²) >= 11 is 12.0. The fraction of sp³-hybridized carbons (Fsp3) is 0.111. The molecule has 0 aliphatic carbocycles. The van der Waals surface area contributed by atoms with E-state index in [9.17, 15) is 13.2 Å². The Morgan fingerprint density at radius 3 is 2.56 bits per heavy atom. The van der Waals surface area contributed by atoms with Crippen molar-refractivity contribution < 1.29 is 13.2 Å². The second-order valence-corrected chi connectivity index (χ2v) is 8.13. The number of nitrogens with one attached hydrogen (secondary N) is 1. The molecular formula is C18H15Cl2N3O3S. The third-order valence-corrected chi connectivity index (χ3v) is 5.69. The lowest BCUT2D eigenvalue weighted by molar-refractivity contribution is 0.0977. The number of carbonyl (C=O) groups excluding carboxylic acids is 1. The maximum atomic E-state index is 12.5. The third-order valence-electron chi connectivity index (χ3n) is 3.80. The van der Waals surface area contributed by atoms with Gasteiger partial charge in [-0.05, 0) is 37.3 Å². The van der Waals surface area contributed by atoms with Crippen molar-refractivity contribution in [1.29, 1.82) is 0 Å². The van der Waals surface area contributed by atoms with Gasteiger partial charge >= 0.3 is 0 Å². The third kappa shape index (κ3) is 4.16. The number of hydrogen-bond acceptors (Lipinski definition) is 4. The number of amides is 1. The molecule has 3 rings (SSSR count). The zero-order valence-electron chi connectivity index (χ0n) is 14.2. The topological polar surface area (TPSA) is 81.1 Å². The predicted molar refractivity (Wildman–Crippen MR) is 104 cm³/mol. The second-order valence-electron chi connectivity index (χ2n) is 5.61. The standard InChI is InChI=1S/C18H15Cl2N3O3S/c1-2-23-11-16(21-17(23)14-8-3-4-9-15(14)20)18(24)22-27(25,26)13-7-5-6-12(19)10-13/h3-11H,2H2,1H3,(H,22,24). The van der Waals surface area contributed by atoms with Gasteiger partial charge in [0, 0.05) is 23.3 Å². The molecule has 0 unspecified atom stereocenters. The van der Waals surface area contributed by atoms with Gasteiger partial charge in [0.1, 0.15) is 11.5 Å². The summed E-state index contributed by atoms with van der Waals surface area (Å²) in [6, 6.07) is 12.7. The lowest BCUT2D eigenvalue weighted by Gasteiger charge is -2.05. The quantitative estimate of drug-likeness (QED) is 0.672. The molecule has 0 fully saturated rings. The van der Waals surface area contributed by atoms with Gasteiger partial charge in [0.15, 0.2) is 0 Å². The Balaban J connectivity index is 1.93. The molecule has 1 heterocycles. The molecule has 0 aliphatic heterocycles. The Hall–Kier alpha value is -2.35. The van der Waals surface area contributed by atoms with Crippen LogP contribution >= 0.6 is 23.2 Å². The van der Waals surface area contributed by atoms with Crippen LogP contribution in [-0.4, -0.2) is 23.9 Å². The molecule has 0 saturated heterocycles. The van der Waals surface area contributed by atoms with Crippen molar-refractivity contribution in [2.45, 2.75) is 18.4 Å². The minimum absolute atomic E-state index is 0.0302. The van der Waals surface area contributed by atoms with E-state index < -0.39 is 15.9 Å².